The zero-order chi connectivity index (χ0) is 8.10. The summed E-state index contributed by atoms with van der Waals surface area (Å²) in [5.74, 6) is 0. The molecular formula is C7H15N3O. The first-order valence-electron chi connectivity index (χ1n) is 4.01. The molecule has 1 aliphatic rings. The van der Waals surface area contributed by atoms with Gasteiger partial charge in [-0.1, -0.05) is 0 Å². The second kappa shape index (κ2) is 4.43. The Kier molecular flexibility index (Phi) is 3.48. The first-order valence-corrected chi connectivity index (χ1v) is 4.01. The Hall–Kier alpha value is -0.450. The van der Waals surface area contributed by atoms with Gasteiger partial charge in [-0.2, -0.15) is 0 Å². The molecular weight excluding hydrogens is 142 g/mol. The van der Waals surface area contributed by atoms with Crippen LogP contribution in [0.4, 0.5) is 0 Å². The van der Waals surface area contributed by atoms with Crippen molar-refractivity contribution in [2.45, 2.75) is 12.6 Å². The maximum atomic E-state index is 10.4. The summed E-state index contributed by atoms with van der Waals surface area (Å²) in [6.45, 7) is 3.49. The van der Waals surface area contributed by atoms with Crippen LogP contribution in [0.2, 0.25) is 0 Å². The number of nitrogens with zero attached hydrogens (tertiary/aromatic N) is 1. The van der Waals surface area contributed by atoms with Crippen LogP contribution in [0.25, 0.3) is 0 Å². The van der Waals surface area contributed by atoms with Crippen molar-refractivity contribution in [2.24, 2.45) is 5.73 Å². The number of hydrogen-bond acceptors (Lipinski definition) is 4. The van der Waals surface area contributed by atoms with E-state index in [0.29, 0.717) is 6.54 Å². The molecule has 0 aliphatic carbocycles. The van der Waals surface area contributed by atoms with E-state index in [1.165, 1.54) is 0 Å². The van der Waals surface area contributed by atoms with Crippen molar-refractivity contribution >= 4 is 6.29 Å². The maximum Gasteiger partial charge on any atom is 0.151 e. The number of hydrogen-bond donors (Lipinski definition) is 2. The quantitative estimate of drug-likeness (QED) is 0.501. The number of carbonyl (C=O) groups is 1. The van der Waals surface area contributed by atoms with Gasteiger partial charge in [0.25, 0.3) is 0 Å². The second-order valence-electron chi connectivity index (χ2n) is 2.71. The molecule has 0 bridgehead atoms. The zero-order valence-electron chi connectivity index (χ0n) is 6.62. The summed E-state index contributed by atoms with van der Waals surface area (Å²) < 4.78 is 0. The molecule has 64 valence electrons. The number of rotatable bonds is 4. The van der Waals surface area contributed by atoms with Gasteiger partial charge in [0, 0.05) is 19.6 Å². The Morgan fingerprint density at radius 2 is 2.55 bits per heavy atom. The predicted molar refractivity (Wildman–Crippen MR) is 43.1 cm³/mol. The molecule has 0 saturated carbocycles. The van der Waals surface area contributed by atoms with E-state index in [0.717, 1.165) is 32.3 Å². The van der Waals surface area contributed by atoms with Gasteiger partial charge < -0.3 is 10.5 Å². The number of nitrogens with one attached hydrogen (secondary N) is 1. The molecule has 0 spiro atoms. The monoisotopic (exact) mass is 157 g/mol. The highest BCUT2D eigenvalue weighted by Crippen LogP contribution is 2.00. The van der Waals surface area contributed by atoms with Crippen molar-refractivity contribution in [1.29, 1.82) is 0 Å². The minimum Gasteiger partial charge on any atom is -0.330 e. The van der Waals surface area contributed by atoms with Crippen LogP contribution in [-0.2, 0) is 4.79 Å². The Morgan fingerprint density at radius 3 is 3.18 bits per heavy atom. The fraction of sp³-hybridized carbons (Fsp3) is 0.857. The summed E-state index contributed by atoms with van der Waals surface area (Å²) in [5, 5.41) is 3.08. The van der Waals surface area contributed by atoms with E-state index in [4.69, 9.17) is 5.73 Å². The molecule has 1 atom stereocenters. The molecule has 0 aromatic rings. The molecule has 0 aromatic carbocycles. The van der Waals surface area contributed by atoms with E-state index in [9.17, 15) is 4.79 Å². The van der Waals surface area contributed by atoms with E-state index in [1.54, 1.807) is 0 Å². The summed E-state index contributed by atoms with van der Waals surface area (Å²) in [6, 6.07) is 0. The molecule has 1 rings (SSSR count). The van der Waals surface area contributed by atoms with Crippen molar-refractivity contribution in [1.82, 2.24) is 10.2 Å². The van der Waals surface area contributed by atoms with Crippen molar-refractivity contribution in [3.8, 4) is 0 Å². The van der Waals surface area contributed by atoms with Crippen LogP contribution < -0.4 is 11.1 Å². The average molecular weight is 157 g/mol. The standard InChI is InChI=1S/C7H15N3O/c8-2-1-4-10-5-3-9-7(10)6-11/h6-7,9H,1-5,8H2. The van der Waals surface area contributed by atoms with Crippen LogP contribution in [-0.4, -0.2) is 43.5 Å². The lowest BCUT2D eigenvalue weighted by atomic mass is 10.3. The molecule has 0 aromatic heterocycles. The van der Waals surface area contributed by atoms with Gasteiger partial charge in [-0.05, 0) is 13.0 Å². The van der Waals surface area contributed by atoms with E-state index >= 15 is 0 Å². The van der Waals surface area contributed by atoms with Crippen LogP contribution in [0.5, 0.6) is 0 Å². The summed E-state index contributed by atoms with van der Waals surface area (Å²) >= 11 is 0. The molecule has 0 radical (unpaired) electrons. The van der Waals surface area contributed by atoms with E-state index in [2.05, 4.69) is 10.2 Å². The predicted octanol–water partition coefficient (Wildman–Crippen LogP) is -1.23. The molecule has 3 N–H and O–H groups in total. The largest absolute Gasteiger partial charge is 0.330 e. The summed E-state index contributed by atoms with van der Waals surface area (Å²) in [6.07, 6.45) is 1.84. The van der Waals surface area contributed by atoms with Gasteiger partial charge in [0.05, 0.1) is 0 Å². The lowest BCUT2D eigenvalue weighted by Gasteiger charge is -2.18. The summed E-state index contributed by atoms with van der Waals surface area (Å²) in [5.41, 5.74) is 5.36. The summed E-state index contributed by atoms with van der Waals surface area (Å²) in [7, 11) is 0. The van der Waals surface area contributed by atoms with Gasteiger partial charge in [-0.25, -0.2) is 0 Å². The van der Waals surface area contributed by atoms with Crippen LogP contribution in [0, 0.1) is 0 Å². The first-order chi connectivity index (χ1) is 5.38. The van der Waals surface area contributed by atoms with Crippen LogP contribution >= 0.6 is 0 Å². The van der Waals surface area contributed by atoms with E-state index in [1.807, 2.05) is 0 Å². The molecule has 1 saturated heterocycles. The van der Waals surface area contributed by atoms with Gasteiger partial charge in [-0.3, -0.25) is 10.2 Å². The zero-order valence-corrected chi connectivity index (χ0v) is 6.62. The van der Waals surface area contributed by atoms with Crippen LogP contribution in [0.3, 0.4) is 0 Å². The fourth-order valence-corrected chi connectivity index (χ4v) is 1.30. The van der Waals surface area contributed by atoms with Gasteiger partial charge in [0.15, 0.2) is 6.29 Å². The topological polar surface area (TPSA) is 58.4 Å². The maximum absolute atomic E-state index is 10.4. The molecule has 1 aliphatic heterocycles. The highest BCUT2D eigenvalue weighted by molar-refractivity contribution is 5.57. The van der Waals surface area contributed by atoms with Crippen LogP contribution in [0.1, 0.15) is 6.42 Å². The van der Waals surface area contributed by atoms with E-state index < -0.39 is 0 Å². The van der Waals surface area contributed by atoms with Crippen molar-refractivity contribution in [3.63, 3.8) is 0 Å². The van der Waals surface area contributed by atoms with Gasteiger partial charge >= 0.3 is 0 Å². The Morgan fingerprint density at radius 1 is 1.73 bits per heavy atom. The Balaban J connectivity index is 2.25. The molecule has 1 fully saturated rings. The SMILES string of the molecule is NCCCN1CCNC1C=O. The third-order valence-electron chi connectivity index (χ3n) is 1.92. The fourth-order valence-electron chi connectivity index (χ4n) is 1.30. The van der Waals surface area contributed by atoms with Crippen LogP contribution in [0.15, 0.2) is 0 Å². The third-order valence-corrected chi connectivity index (χ3v) is 1.92. The average Bonchev–Trinajstić information content (AvgIpc) is 2.47. The van der Waals surface area contributed by atoms with Gasteiger partial charge in [0.1, 0.15) is 6.17 Å². The number of nitrogens with two attached hydrogens (primary N) is 1. The van der Waals surface area contributed by atoms with E-state index in [-0.39, 0.29) is 6.17 Å². The smallest absolute Gasteiger partial charge is 0.151 e. The third kappa shape index (κ3) is 2.25. The molecule has 1 unspecified atom stereocenters. The van der Waals surface area contributed by atoms with Gasteiger partial charge in [0.2, 0.25) is 0 Å². The van der Waals surface area contributed by atoms with Crippen molar-refractivity contribution in [2.75, 3.05) is 26.2 Å². The lowest BCUT2D eigenvalue weighted by molar-refractivity contribution is -0.112. The lowest BCUT2D eigenvalue weighted by Crippen LogP contribution is -2.38. The van der Waals surface area contributed by atoms with Gasteiger partial charge in [-0.15, -0.1) is 0 Å². The minimum atomic E-state index is -0.0680. The molecule has 0 amide bonds. The molecule has 4 nitrogen and oxygen atoms in total. The second-order valence-corrected chi connectivity index (χ2v) is 2.71. The van der Waals surface area contributed by atoms with Crippen molar-refractivity contribution < 1.29 is 4.79 Å². The highest BCUT2D eigenvalue weighted by atomic mass is 16.1. The normalized spacial score (nSPS) is 25.7. The Labute approximate surface area is 66.7 Å². The summed E-state index contributed by atoms with van der Waals surface area (Å²) in [4.78, 5) is 12.6. The molecule has 4 heteroatoms. The molecule has 11 heavy (non-hydrogen) atoms. The number of carbonyl (C=O) groups excluding carboxylic acids is 1. The minimum absolute atomic E-state index is 0.0680. The highest BCUT2D eigenvalue weighted by Gasteiger charge is 2.21. The van der Waals surface area contributed by atoms with Crippen molar-refractivity contribution in [3.05, 3.63) is 0 Å². The molecule has 1 heterocycles. The first kappa shape index (κ1) is 8.64. The number of aldehydes is 1. The Bertz CT molecular complexity index is 129.